The Morgan fingerprint density at radius 3 is 1.80 bits per heavy atom. The van der Waals surface area contributed by atoms with Gasteiger partial charge in [-0.05, 0) is 62.6 Å². The monoisotopic (exact) mass is 867 g/mol. The maximum absolute atomic E-state index is 12.2. The summed E-state index contributed by atoms with van der Waals surface area (Å²) in [7, 11) is 3.33. The van der Waals surface area contributed by atoms with E-state index in [1.54, 1.807) is 52.6 Å². The van der Waals surface area contributed by atoms with E-state index >= 15 is 0 Å². The second-order valence-corrected chi connectivity index (χ2v) is 16.5. The van der Waals surface area contributed by atoms with Crippen LogP contribution in [-0.4, -0.2) is 88.3 Å². The lowest BCUT2D eigenvalue weighted by Crippen LogP contribution is -2.21. The highest BCUT2D eigenvalue weighted by Crippen LogP contribution is 2.31. The Labute approximate surface area is 369 Å². The van der Waals surface area contributed by atoms with Crippen molar-refractivity contribution in [2.45, 2.75) is 86.0 Å². The Morgan fingerprint density at radius 2 is 1.25 bits per heavy atom. The molecule has 8 aromatic rings. The van der Waals surface area contributed by atoms with Crippen molar-refractivity contribution in [2.24, 2.45) is 13.0 Å². The first kappa shape index (κ1) is 44.4. The van der Waals surface area contributed by atoms with Gasteiger partial charge < -0.3 is 21.3 Å². The van der Waals surface area contributed by atoms with Gasteiger partial charge in [0.05, 0.1) is 18.0 Å². The average Bonchev–Trinajstić information content (AvgIpc) is 3.57. The molecule has 1 aliphatic rings. The molecule has 0 radical (unpaired) electrons. The molecule has 1 aliphatic carbocycles. The topological polar surface area (TPSA) is 233 Å². The molecule has 1 saturated carbocycles. The molecule has 20 nitrogen and oxygen atoms in total. The maximum Gasteiger partial charge on any atom is 0.271 e. The minimum atomic E-state index is -0.264. The van der Waals surface area contributed by atoms with Crippen LogP contribution in [0.25, 0.3) is 16.9 Å². The molecule has 8 heterocycles. The summed E-state index contributed by atoms with van der Waals surface area (Å²) in [6.45, 7) is 16.4. The standard InChI is InChI=1S/C15H18N6.C15H19N5O2.C14H16N6O/c1-9(2)12-8-14(20-21-6-5-16-15(12)21)19-13-7-10(3)17-11(4)18-13;1-8(2)10-6-12(18-14(21)9-4-5-9)19-20-11(15(22)16-3)7-17-13(10)20;1-9(2)11-6-12(18-20-5-4-15-13(11)20)17-14(21)10-7-16-19(3)8-10/h5-9H,1-4H3,(H,17,18,19,20);6-9H,4-5H2,1-3H3,(H,16,22)(H,18,19,21);4-9H,1-3H3,(H,17,18,21). The van der Waals surface area contributed by atoms with E-state index in [1.165, 1.54) is 16.9 Å². The molecule has 0 atom stereocenters. The second-order valence-electron chi connectivity index (χ2n) is 16.5. The van der Waals surface area contributed by atoms with Crippen LogP contribution >= 0.6 is 0 Å². The maximum atomic E-state index is 12.2. The Hall–Kier alpha value is -7.64. The molecule has 9 rings (SSSR count). The van der Waals surface area contributed by atoms with Crippen LogP contribution in [0.2, 0.25) is 0 Å². The van der Waals surface area contributed by atoms with Crippen LogP contribution in [0.15, 0.2) is 67.6 Å². The molecule has 4 N–H and O–H groups in total. The molecular weight excluding hydrogens is 815 g/mol. The Kier molecular flexibility index (Phi) is 13.0. The quantitative estimate of drug-likeness (QED) is 0.117. The second kappa shape index (κ2) is 18.8. The van der Waals surface area contributed by atoms with Crippen LogP contribution in [0.1, 0.15) is 121 Å². The van der Waals surface area contributed by atoms with Gasteiger partial charge in [0, 0.05) is 79.4 Å². The predicted molar refractivity (Wildman–Crippen MR) is 242 cm³/mol. The molecule has 0 aromatic carbocycles. The van der Waals surface area contributed by atoms with Gasteiger partial charge in [-0.15, -0.1) is 15.3 Å². The smallest absolute Gasteiger partial charge is 0.271 e. The summed E-state index contributed by atoms with van der Waals surface area (Å²) < 4.78 is 6.55. The molecule has 3 amide bonds. The summed E-state index contributed by atoms with van der Waals surface area (Å²) in [4.78, 5) is 57.6. The molecule has 0 unspecified atom stereocenters. The summed E-state index contributed by atoms with van der Waals surface area (Å²) in [5, 5.41) is 28.7. The van der Waals surface area contributed by atoms with E-state index in [0.29, 0.717) is 34.5 Å². The molecular formula is C44H53N17O3. The van der Waals surface area contributed by atoms with Gasteiger partial charge >= 0.3 is 0 Å². The summed E-state index contributed by atoms with van der Waals surface area (Å²) >= 11 is 0. The van der Waals surface area contributed by atoms with Crippen molar-refractivity contribution in [2.75, 3.05) is 23.0 Å². The molecule has 64 heavy (non-hydrogen) atoms. The number of hydrogen-bond acceptors (Lipinski definition) is 13. The lowest BCUT2D eigenvalue weighted by atomic mass is 10.1. The highest BCUT2D eigenvalue weighted by atomic mass is 16.2. The van der Waals surface area contributed by atoms with Crippen LogP contribution in [0.3, 0.4) is 0 Å². The van der Waals surface area contributed by atoms with E-state index in [2.05, 4.69) is 94.3 Å². The van der Waals surface area contributed by atoms with Crippen LogP contribution in [0.4, 0.5) is 23.3 Å². The number of fused-ring (bicyclic) bond motifs is 3. The van der Waals surface area contributed by atoms with Crippen molar-refractivity contribution in [3.63, 3.8) is 0 Å². The number of nitrogens with zero attached hydrogens (tertiary/aromatic N) is 13. The number of rotatable bonds is 10. The van der Waals surface area contributed by atoms with Gasteiger partial charge in [-0.1, -0.05) is 41.5 Å². The van der Waals surface area contributed by atoms with Crippen LogP contribution in [0, 0.1) is 19.8 Å². The van der Waals surface area contributed by atoms with E-state index in [0.717, 1.165) is 64.0 Å². The number of anilines is 4. The number of amides is 3. The number of nitrogens with one attached hydrogen (secondary N) is 4. The molecule has 20 heteroatoms. The van der Waals surface area contributed by atoms with Crippen LogP contribution in [-0.2, 0) is 11.8 Å². The Bertz CT molecular complexity index is 2950. The van der Waals surface area contributed by atoms with Crippen LogP contribution < -0.4 is 21.3 Å². The summed E-state index contributed by atoms with van der Waals surface area (Å²) in [6, 6.07) is 7.63. The van der Waals surface area contributed by atoms with Crippen LogP contribution in [0.5, 0.6) is 0 Å². The van der Waals surface area contributed by atoms with Gasteiger partial charge in [-0.3, -0.25) is 19.1 Å². The van der Waals surface area contributed by atoms with Gasteiger partial charge in [0.15, 0.2) is 40.1 Å². The molecule has 8 aromatic heterocycles. The fourth-order valence-electron chi connectivity index (χ4n) is 6.83. The number of hydrogen-bond donors (Lipinski definition) is 4. The normalized spacial score (nSPS) is 12.3. The third-order valence-electron chi connectivity index (χ3n) is 10.2. The zero-order valence-electron chi connectivity index (χ0n) is 37.6. The fourth-order valence-corrected chi connectivity index (χ4v) is 6.83. The first-order valence-corrected chi connectivity index (χ1v) is 21.1. The number of aryl methyl sites for hydroxylation is 3. The minimum Gasteiger partial charge on any atom is -0.354 e. The molecule has 0 saturated heterocycles. The summed E-state index contributed by atoms with van der Waals surface area (Å²) in [5.41, 5.74) is 7.25. The lowest BCUT2D eigenvalue weighted by molar-refractivity contribution is -0.117. The third kappa shape index (κ3) is 10.2. The van der Waals surface area contributed by atoms with Gasteiger partial charge in [0.2, 0.25) is 5.91 Å². The summed E-state index contributed by atoms with van der Waals surface area (Å²) in [5.74, 6) is 3.64. The van der Waals surface area contributed by atoms with E-state index in [-0.39, 0.29) is 35.5 Å². The van der Waals surface area contributed by atoms with Crippen molar-refractivity contribution in [3.8, 4) is 0 Å². The number of imidazole rings is 3. The first-order valence-electron chi connectivity index (χ1n) is 21.1. The SMILES string of the molecule is CC(C)c1cc(NC(=O)c2cnn(C)c2)nn2ccnc12.CNC(=O)c1cnc2c(C(C)C)cc(NC(=O)C3CC3)nn12.Cc1cc(Nc2cc(C(C)C)c3nccn3n2)nc(C)n1. The van der Waals surface area contributed by atoms with E-state index in [4.69, 9.17) is 0 Å². The molecule has 0 spiro atoms. The minimum absolute atomic E-state index is 0.0110. The number of aromatic nitrogens is 13. The van der Waals surface area contributed by atoms with Crippen molar-refractivity contribution < 1.29 is 14.4 Å². The highest BCUT2D eigenvalue weighted by molar-refractivity contribution is 6.03. The van der Waals surface area contributed by atoms with Crippen molar-refractivity contribution in [1.29, 1.82) is 0 Å². The van der Waals surface area contributed by atoms with Crippen molar-refractivity contribution in [1.82, 2.24) is 68.9 Å². The van der Waals surface area contributed by atoms with Gasteiger partial charge in [0.1, 0.15) is 11.6 Å². The zero-order chi connectivity index (χ0) is 45.8. The Balaban J connectivity index is 0.000000144. The largest absolute Gasteiger partial charge is 0.354 e. The van der Waals surface area contributed by atoms with E-state index in [9.17, 15) is 14.4 Å². The zero-order valence-corrected chi connectivity index (χ0v) is 37.6. The molecule has 0 bridgehead atoms. The fraction of sp³-hybridized carbons (Fsp3) is 0.364. The van der Waals surface area contributed by atoms with Crippen molar-refractivity contribution >= 4 is 57.9 Å². The molecule has 332 valence electrons. The Morgan fingerprint density at radius 1 is 0.672 bits per heavy atom. The summed E-state index contributed by atoms with van der Waals surface area (Å²) in [6.07, 6.45) is 13.6. The van der Waals surface area contributed by atoms with Gasteiger partial charge in [-0.25, -0.2) is 38.5 Å². The average molecular weight is 868 g/mol. The first-order chi connectivity index (χ1) is 30.6. The van der Waals surface area contributed by atoms with Crippen molar-refractivity contribution in [3.05, 3.63) is 107 Å². The number of carbonyl (C=O) groups is 3. The van der Waals surface area contributed by atoms with E-state index in [1.807, 2.05) is 58.2 Å². The predicted octanol–water partition coefficient (Wildman–Crippen LogP) is 6.40. The van der Waals surface area contributed by atoms with E-state index < -0.39 is 0 Å². The lowest BCUT2D eigenvalue weighted by Gasteiger charge is -2.11. The van der Waals surface area contributed by atoms with Gasteiger partial charge in [0.25, 0.3) is 11.8 Å². The highest BCUT2D eigenvalue weighted by Gasteiger charge is 2.30. The third-order valence-corrected chi connectivity index (χ3v) is 10.2. The molecule has 0 aliphatic heterocycles. The molecule has 1 fully saturated rings. The van der Waals surface area contributed by atoms with Gasteiger partial charge in [-0.2, -0.15) is 5.10 Å². The number of carbonyl (C=O) groups excluding carboxylic acids is 3.